The van der Waals surface area contributed by atoms with Crippen molar-refractivity contribution in [3.63, 3.8) is 0 Å². The molecule has 0 saturated carbocycles. The lowest BCUT2D eigenvalue weighted by Gasteiger charge is -2.16. The number of furan rings is 1. The Balaban J connectivity index is 1.77. The molecular weight excluding hydrogens is 330 g/mol. The van der Waals surface area contributed by atoms with Crippen LogP contribution in [-0.2, 0) is 24.4 Å². The highest BCUT2D eigenvalue weighted by Gasteiger charge is 2.17. The molecule has 0 aliphatic heterocycles. The Morgan fingerprint density at radius 2 is 2.08 bits per heavy atom. The number of ether oxygens (including phenoxy) is 1. The van der Waals surface area contributed by atoms with Crippen molar-refractivity contribution in [2.75, 3.05) is 13.7 Å². The summed E-state index contributed by atoms with van der Waals surface area (Å²) in [4.78, 5) is 14.1. The summed E-state index contributed by atoms with van der Waals surface area (Å²) in [5.74, 6) is 0.690. The number of esters is 1. The molecule has 6 nitrogen and oxygen atoms in total. The molecule has 0 radical (unpaired) electrons. The van der Waals surface area contributed by atoms with E-state index in [-0.39, 0.29) is 5.97 Å². The number of aromatic nitrogens is 2. The predicted molar refractivity (Wildman–Crippen MR) is 100.0 cm³/mol. The molecule has 0 spiro atoms. The van der Waals surface area contributed by atoms with Crippen LogP contribution >= 0.6 is 0 Å². The second-order valence-electron chi connectivity index (χ2n) is 6.40. The van der Waals surface area contributed by atoms with Gasteiger partial charge in [0.2, 0.25) is 0 Å². The van der Waals surface area contributed by atoms with Gasteiger partial charge in [-0.1, -0.05) is 25.1 Å². The first-order valence-corrected chi connectivity index (χ1v) is 8.92. The Hall–Kier alpha value is -2.60. The maximum Gasteiger partial charge on any atom is 0.341 e. The third-order valence-electron chi connectivity index (χ3n) is 4.36. The van der Waals surface area contributed by atoms with E-state index in [0.717, 1.165) is 29.7 Å². The Morgan fingerprint density at radius 1 is 1.31 bits per heavy atom. The number of carbonyl (C=O) groups is 1. The van der Waals surface area contributed by atoms with Crippen molar-refractivity contribution in [2.45, 2.75) is 40.4 Å². The molecule has 0 bridgehead atoms. The molecule has 2 heterocycles. The summed E-state index contributed by atoms with van der Waals surface area (Å²) in [5, 5.41) is 5.59. The van der Waals surface area contributed by atoms with Crippen molar-refractivity contribution in [2.24, 2.45) is 0 Å². The van der Waals surface area contributed by atoms with Crippen molar-refractivity contribution in [1.29, 1.82) is 0 Å². The summed E-state index contributed by atoms with van der Waals surface area (Å²) in [7, 11) is 2.03. The quantitative estimate of drug-likeness (QED) is 0.604. The van der Waals surface area contributed by atoms with Crippen molar-refractivity contribution >= 4 is 16.9 Å². The lowest BCUT2D eigenvalue weighted by molar-refractivity contribution is 0.0525. The van der Waals surface area contributed by atoms with E-state index in [0.29, 0.717) is 24.5 Å². The topological polar surface area (TPSA) is 60.5 Å². The van der Waals surface area contributed by atoms with E-state index in [1.807, 2.05) is 32.2 Å². The van der Waals surface area contributed by atoms with Gasteiger partial charge in [0, 0.05) is 30.1 Å². The van der Waals surface area contributed by atoms with Gasteiger partial charge in [0.25, 0.3) is 0 Å². The lowest BCUT2D eigenvalue weighted by atomic mass is 10.1. The molecule has 0 atom stereocenters. The third kappa shape index (κ3) is 3.65. The second-order valence-corrected chi connectivity index (χ2v) is 6.40. The number of hydrogen-bond acceptors (Lipinski definition) is 5. The minimum Gasteiger partial charge on any atom is -0.462 e. The second kappa shape index (κ2) is 7.74. The highest BCUT2D eigenvalue weighted by Crippen LogP contribution is 2.27. The van der Waals surface area contributed by atoms with Crippen LogP contribution in [0.1, 0.15) is 41.2 Å². The molecule has 0 aliphatic rings. The molecule has 1 aromatic carbocycles. The van der Waals surface area contributed by atoms with Gasteiger partial charge in [-0.05, 0) is 27.0 Å². The van der Waals surface area contributed by atoms with Gasteiger partial charge in [-0.2, -0.15) is 5.10 Å². The molecule has 138 valence electrons. The fourth-order valence-corrected chi connectivity index (χ4v) is 3.18. The van der Waals surface area contributed by atoms with Crippen LogP contribution in [-0.4, -0.2) is 34.3 Å². The molecule has 3 rings (SSSR count). The molecule has 6 heteroatoms. The van der Waals surface area contributed by atoms with E-state index in [1.54, 1.807) is 17.8 Å². The van der Waals surface area contributed by atoms with Crippen LogP contribution in [0.3, 0.4) is 0 Å². The zero-order chi connectivity index (χ0) is 18.7. The number of benzene rings is 1. The molecule has 0 fully saturated rings. The minimum absolute atomic E-state index is 0.326. The first-order valence-electron chi connectivity index (χ1n) is 8.92. The number of hydrogen-bond donors (Lipinski definition) is 0. The number of aryl methyl sites for hydroxylation is 2. The molecule has 0 saturated heterocycles. The smallest absolute Gasteiger partial charge is 0.341 e. The molecule has 0 unspecified atom stereocenters. The SMILES string of the molecule is CCOC(=O)c1cn(CN(C)Cc2c(CC)oc3ccccc23)nc1C. The highest BCUT2D eigenvalue weighted by atomic mass is 16.5. The summed E-state index contributed by atoms with van der Waals surface area (Å²) >= 11 is 0. The van der Waals surface area contributed by atoms with Gasteiger partial charge >= 0.3 is 5.97 Å². The molecule has 0 amide bonds. The van der Waals surface area contributed by atoms with Gasteiger partial charge in [-0.3, -0.25) is 9.58 Å². The summed E-state index contributed by atoms with van der Waals surface area (Å²) in [6.45, 7) is 7.39. The average Bonchev–Trinajstić information content (AvgIpc) is 3.15. The summed E-state index contributed by atoms with van der Waals surface area (Å²) < 4.78 is 12.8. The Kier molecular flexibility index (Phi) is 5.42. The first kappa shape index (κ1) is 18.2. The van der Waals surface area contributed by atoms with Gasteiger partial charge < -0.3 is 9.15 Å². The Labute approximate surface area is 153 Å². The number of para-hydroxylation sites is 1. The molecule has 0 N–H and O–H groups in total. The first-order chi connectivity index (χ1) is 12.5. The summed E-state index contributed by atoms with van der Waals surface area (Å²) in [5.41, 5.74) is 3.33. The van der Waals surface area contributed by atoms with Gasteiger partial charge in [-0.25, -0.2) is 4.79 Å². The van der Waals surface area contributed by atoms with E-state index >= 15 is 0 Å². The Bertz CT molecular complexity index is 910. The lowest BCUT2D eigenvalue weighted by Crippen LogP contribution is -2.22. The van der Waals surface area contributed by atoms with Crippen LogP contribution in [0.25, 0.3) is 11.0 Å². The van der Waals surface area contributed by atoms with E-state index in [2.05, 4.69) is 23.0 Å². The maximum atomic E-state index is 11.9. The van der Waals surface area contributed by atoms with Crippen molar-refractivity contribution < 1.29 is 13.9 Å². The summed E-state index contributed by atoms with van der Waals surface area (Å²) in [6, 6.07) is 8.12. The number of fused-ring (bicyclic) bond motifs is 1. The van der Waals surface area contributed by atoms with Crippen molar-refractivity contribution in [3.8, 4) is 0 Å². The van der Waals surface area contributed by atoms with Crippen molar-refractivity contribution in [1.82, 2.24) is 14.7 Å². The van der Waals surface area contributed by atoms with Crippen LogP contribution in [0.2, 0.25) is 0 Å². The molecule has 0 aliphatic carbocycles. The number of rotatable bonds is 7. The number of nitrogens with zero attached hydrogens (tertiary/aromatic N) is 3. The van der Waals surface area contributed by atoms with Crippen LogP contribution in [0, 0.1) is 6.92 Å². The number of carbonyl (C=O) groups excluding carboxylic acids is 1. The van der Waals surface area contributed by atoms with Crippen molar-refractivity contribution in [3.05, 3.63) is 53.0 Å². The molecule has 2 aromatic heterocycles. The van der Waals surface area contributed by atoms with E-state index in [9.17, 15) is 4.79 Å². The summed E-state index contributed by atoms with van der Waals surface area (Å²) in [6.07, 6.45) is 2.60. The minimum atomic E-state index is -0.326. The largest absolute Gasteiger partial charge is 0.462 e. The fourth-order valence-electron chi connectivity index (χ4n) is 3.18. The zero-order valence-corrected chi connectivity index (χ0v) is 15.8. The van der Waals surface area contributed by atoms with Gasteiger partial charge in [0.15, 0.2) is 0 Å². The van der Waals surface area contributed by atoms with Crippen LogP contribution in [0.5, 0.6) is 0 Å². The Morgan fingerprint density at radius 3 is 2.81 bits per heavy atom. The average molecular weight is 355 g/mol. The fraction of sp³-hybridized carbons (Fsp3) is 0.400. The molecule has 3 aromatic rings. The van der Waals surface area contributed by atoms with Gasteiger partial charge in [0.1, 0.15) is 16.9 Å². The van der Waals surface area contributed by atoms with E-state index in [1.165, 1.54) is 5.56 Å². The van der Waals surface area contributed by atoms with Gasteiger partial charge in [-0.15, -0.1) is 0 Å². The highest BCUT2D eigenvalue weighted by molar-refractivity contribution is 5.90. The monoisotopic (exact) mass is 355 g/mol. The van der Waals surface area contributed by atoms with E-state index in [4.69, 9.17) is 9.15 Å². The van der Waals surface area contributed by atoms with Crippen LogP contribution < -0.4 is 0 Å². The predicted octanol–water partition coefficient (Wildman–Crippen LogP) is 3.77. The third-order valence-corrected chi connectivity index (χ3v) is 4.36. The zero-order valence-electron chi connectivity index (χ0n) is 15.8. The molecule has 26 heavy (non-hydrogen) atoms. The van der Waals surface area contributed by atoms with Gasteiger partial charge in [0.05, 0.1) is 19.0 Å². The van der Waals surface area contributed by atoms with Crippen LogP contribution in [0.15, 0.2) is 34.9 Å². The van der Waals surface area contributed by atoms with Crippen LogP contribution in [0.4, 0.5) is 0 Å². The standard InChI is InChI=1S/C20H25N3O3/c1-5-18-17(15-9-7-8-10-19(15)26-18)11-22(4)13-23-12-16(14(3)21-23)20(24)25-6-2/h7-10,12H,5-6,11,13H2,1-4H3. The van der Waals surface area contributed by atoms with E-state index < -0.39 is 0 Å². The maximum absolute atomic E-state index is 11.9. The molecular formula is C20H25N3O3. The normalized spacial score (nSPS) is 11.4.